The van der Waals surface area contributed by atoms with Crippen LogP contribution in [0.3, 0.4) is 0 Å². The molecule has 0 aliphatic heterocycles. The molecule has 3 aromatic carbocycles. The molecule has 204 valence electrons. The molecule has 1 amide bonds. The van der Waals surface area contributed by atoms with E-state index in [-0.39, 0.29) is 28.9 Å². The number of phenols is 3. The van der Waals surface area contributed by atoms with Gasteiger partial charge in [0.25, 0.3) is 5.91 Å². The number of hydrogen-bond acceptors (Lipinski definition) is 6. The van der Waals surface area contributed by atoms with Crippen LogP contribution in [0.15, 0.2) is 60.8 Å². The van der Waals surface area contributed by atoms with Gasteiger partial charge in [-0.15, -0.1) is 0 Å². The average molecular weight is 541 g/mol. The van der Waals surface area contributed by atoms with Crippen molar-refractivity contribution in [1.29, 1.82) is 0 Å². The maximum absolute atomic E-state index is 13.3. The highest BCUT2D eigenvalue weighted by Crippen LogP contribution is 2.39. The lowest BCUT2D eigenvalue weighted by atomic mass is 9.94. The van der Waals surface area contributed by atoms with Gasteiger partial charge in [-0.25, -0.2) is 9.78 Å². The number of nitrogens with one attached hydrogen (secondary N) is 2. The number of carboxylic acids is 1. The minimum atomic E-state index is -1.36. The Kier molecular flexibility index (Phi) is 6.30. The Morgan fingerprint density at radius 3 is 2.45 bits per heavy atom. The lowest BCUT2D eigenvalue weighted by Gasteiger charge is -2.26. The first kappa shape index (κ1) is 25.3. The molecule has 1 atom stereocenters. The molecule has 0 saturated heterocycles. The molecule has 5 aromatic rings. The summed E-state index contributed by atoms with van der Waals surface area (Å²) in [7, 11) is 0. The number of amides is 1. The summed E-state index contributed by atoms with van der Waals surface area (Å²) in [5.41, 5.74) is 2.99. The van der Waals surface area contributed by atoms with Crippen molar-refractivity contribution >= 4 is 33.8 Å². The number of imidazole rings is 1. The quantitative estimate of drug-likeness (QED) is 0.169. The van der Waals surface area contributed by atoms with E-state index < -0.39 is 17.9 Å². The standard InChI is InChI=1S/C30H28N4O6/c35-18-8-10-23-21(13-18)22(15-31-23)27(30(39)40)33-29(38)16-6-11-25-24(12-16)32-28(20-9-7-19(36)14-26(20)37)34(25)17-4-2-1-3-5-17/h6-15,17,27,31,35-37H,1-5H2,(H,33,38)(H,39,40)/t27-/m0/s1. The predicted octanol–water partition coefficient (Wildman–Crippen LogP) is 5.36. The number of aliphatic carboxylic acids is 1. The third kappa shape index (κ3) is 4.47. The largest absolute Gasteiger partial charge is 0.508 e. The Labute approximate surface area is 228 Å². The molecule has 2 aromatic heterocycles. The number of carbonyl (C=O) groups excluding carboxylic acids is 1. The van der Waals surface area contributed by atoms with Crippen LogP contribution in [-0.4, -0.2) is 46.8 Å². The topological polar surface area (TPSA) is 161 Å². The lowest BCUT2D eigenvalue weighted by molar-refractivity contribution is -0.139. The molecule has 1 saturated carbocycles. The first-order valence-electron chi connectivity index (χ1n) is 13.2. The van der Waals surface area contributed by atoms with Crippen LogP contribution >= 0.6 is 0 Å². The summed E-state index contributed by atoms with van der Waals surface area (Å²) >= 11 is 0. The number of H-pyrrole nitrogens is 1. The van der Waals surface area contributed by atoms with Gasteiger partial charge in [-0.3, -0.25) is 4.79 Å². The Morgan fingerprint density at radius 2 is 1.70 bits per heavy atom. The number of carbonyl (C=O) groups is 2. The highest BCUT2D eigenvalue weighted by Gasteiger charge is 2.27. The molecule has 1 aliphatic carbocycles. The van der Waals surface area contributed by atoms with E-state index in [4.69, 9.17) is 4.98 Å². The number of nitrogens with zero attached hydrogens (tertiary/aromatic N) is 2. The molecule has 6 N–H and O–H groups in total. The number of phenolic OH excluding ortho intramolecular Hbond substituents is 3. The Morgan fingerprint density at radius 1 is 0.950 bits per heavy atom. The normalized spacial score (nSPS) is 14.9. The molecule has 0 radical (unpaired) electrons. The Hall–Kier alpha value is -4.99. The second-order valence-corrected chi connectivity index (χ2v) is 10.2. The van der Waals surface area contributed by atoms with E-state index in [0.29, 0.717) is 33.4 Å². The Balaban J connectivity index is 1.39. The van der Waals surface area contributed by atoms with Gasteiger partial charge in [0.2, 0.25) is 0 Å². The molecule has 1 fully saturated rings. The maximum atomic E-state index is 13.3. The second kappa shape index (κ2) is 9.96. The summed E-state index contributed by atoms with van der Waals surface area (Å²) in [6.45, 7) is 0. The van der Waals surface area contributed by atoms with E-state index in [1.165, 1.54) is 30.5 Å². The van der Waals surface area contributed by atoms with Crippen molar-refractivity contribution in [3.63, 3.8) is 0 Å². The van der Waals surface area contributed by atoms with Gasteiger partial charge in [0.15, 0.2) is 6.04 Å². The minimum absolute atomic E-state index is 0.0155. The number of fused-ring (bicyclic) bond motifs is 2. The molecule has 10 nitrogen and oxygen atoms in total. The van der Waals surface area contributed by atoms with Gasteiger partial charge in [0.1, 0.15) is 23.1 Å². The first-order valence-corrected chi connectivity index (χ1v) is 13.2. The molecule has 40 heavy (non-hydrogen) atoms. The van der Waals surface area contributed by atoms with Crippen LogP contribution in [-0.2, 0) is 4.79 Å². The van der Waals surface area contributed by atoms with E-state index in [1.807, 2.05) is 0 Å². The van der Waals surface area contributed by atoms with Crippen LogP contribution in [0.1, 0.15) is 60.1 Å². The molecule has 0 spiro atoms. The fourth-order valence-electron chi connectivity index (χ4n) is 5.70. The molecule has 0 unspecified atom stereocenters. The van der Waals surface area contributed by atoms with Crippen LogP contribution in [0.5, 0.6) is 17.2 Å². The van der Waals surface area contributed by atoms with Crippen LogP contribution in [0, 0.1) is 0 Å². The predicted molar refractivity (Wildman–Crippen MR) is 148 cm³/mol. The molecule has 1 aliphatic rings. The summed E-state index contributed by atoms with van der Waals surface area (Å²) in [5, 5.41) is 43.4. The monoisotopic (exact) mass is 540 g/mol. The fourth-order valence-corrected chi connectivity index (χ4v) is 5.70. The van der Waals surface area contributed by atoms with E-state index in [9.17, 15) is 30.0 Å². The molecular weight excluding hydrogens is 512 g/mol. The third-order valence-electron chi connectivity index (χ3n) is 7.64. The smallest absolute Gasteiger partial charge is 0.331 e. The van der Waals surface area contributed by atoms with Gasteiger partial charge < -0.3 is 35.3 Å². The van der Waals surface area contributed by atoms with Crippen LogP contribution < -0.4 is 5.32 Å². The highest BCUT2D eigenvalue weighted by atomic mass is 16.4. The summed E-state index contributed by atoms with van der Waals surface area (Å²) in [5.74, 6) is -1.47. The summed E-state index contributed by atoms with van der Waals surface area (Å²) in [6, 6.07) is 12.8. The molecule has 2 heterocycles. The van der Waals surface area contributed by atoms with Crippen molar-refractivity contribution in [3.8, 4) is 28.6 Å². The number of aromatic hydroxyl groups is 3. The average Bonchev–Trinajstić information content (AvgIpc) is 3.52. The molecule has 6 rings (SSSR count). The van der Waals surface area contributed by atoms with Crippen molar-refractivity contribution in [1.82, 2.24) is 19.9 Å². The van der Waals surface area contributed by atoms with E-state index >= 15 is 0 Å². The fraction of sp³-hybridized carbons (Fsp3) is 0.233. The van der Waals surface area contributed by atoms with E-state index in [0.717, 1.165) is 37.6 Å². The van der Waals surface area contributed by atoms with Gasteiger partial charge in [-0.05, 0) is 61.4 Å². The number of benzene rings is 3. The SMILES string of the molecule is O=C(N[C@H](C(=O)O)c1c[nH]c2ccc(O)cc12)c1ccc2c(c1)nc(-c1ccc(O)cc1O)n2C1CCCCC1. The first-order chi connectivity index (χ1) is 19.3. The number of carboxylic acid groups (broad SMARTS) is 1. The van der Waals surface area contributed by atoms with Gasteiger partial charge >= 0.3 is 5.97 Å². The van der Waals surface area contributed by atoms with Crippen LogP contribution in [0.25, 0.3) is 33.3 Å². The minimum Gasteiger partial charge on any atom is -0.508 e. The van der Waals surface area contributed by atoms with Gasteiger partial charge in [-0.2, -0.15) is 0 Å². The van der Waals surface area contributed by atoms with Crippen LogP contribution in [0.2, 0.25) is 0 Å². The summed E-state index contributed by atoms with van der Waals surface area (Å²) < 4.78 is 2.10. The van der Waals surface area contributed by atoms with Crippen molar-refractivity contribution < 1.29 is 30.0 Å². The van der Waals surface area contributed by atoms with E-state index in [1.54, 1.807) is 30.3 Å². The lowest BCUT2D eigenvalue weighted by Crippen LogP contribution is -2.33. The van der Waals surface area contributed by atoms with Crippen molar-refractivity contribution in [3.05, 3.63) is 71.9 Å². The summed E-state index contributed by atoms with van der Waals surface area (Å²) in [6.07, 6.45) is 6.74. The van der Waals surface area contributed by atoms with Crippen molar-refractivity contribution in [2.75, 3.05) is 0 Å². The zero-order chi connectivity index (χ0) is 28.0. The van der Waals surface area contributed by atoms with Gasteiger partial charge in [0.05, 0.1) is 16.6 Å². The van der Waals surface area contributed by atoms with Gasteiger partial charge in [0, 0.05) is 40.3 Å². The third-order valence-corrected chi connectivity index (χ3v) is 7.64. The van der Waals surface area contributed by atoms with Crippen LogP contribution in [0.4, 0.5) is 0 Å². The second-order valence-electron chi connectivity index (χ2n) is 10.2. The molecule has 0 bridgehead atoms. The van der Waals surface area contributed by atoms with Crippen molar-refractivity contribution in [2.24, 2.45) is 0 Å². The zero-order valence-electron chi connectivity index (χ0n) is 21.5. The zero-order valence-corrected chi connectivity index (χ0v) is 21.5. The van der Waals surface area contributed by atoms with Crippen molar-refractivity contribution in [2.45, 2.75) is 44.2 Å². The van der Waals surface area contributed by atoms with E-state index in [2.05, 4.69) is 14.9 Å². The molecule has 10 heteroatoms. The number of rotatable bonds is 6. The highest BCUT2D eigenvalue weighted by molar-refractivity contribution is 6.01. The number of aromatic amines is 1. The summed E-state index contributed by atoms with van der Waals surface area (Å²) in [4.78, 5) is 33.3. The van der Waals surface area contributed by atoms with Gasteiger partial charge in [-0.1, -0.05) is 19.3 Å². The maximum Gasteiger partial charge on any atom is 0.331 e. The molecular formula is C30H28N4O6. The number of hydrogen-bond donors (Lipinski definition) is 6. The number of aromatic nitrogens is 3. The Bertz CT molecular complexity index is 1770.